The number of alkyl halides is 3. The molecule has 0 atom stereocenters. The van der Waals surface area contributed by atoms with Crippen molar-refractivity contribution in [1.82, 2.24) is 14.5 Å². The van der Waals surface area contributed by atoms with Gasteiger partial charge in [0.15, 0.2) is 6.20 Å². The van der Waals surface area contributed by atoms with Crippen LogP contribution in [0.4, 0.5) is 13.2 Å². The van der Waals surface area contributed by atoms with E-state index >= 15 is 0 Å². The van der Waals surface area contributed by atoms with Crippen LogP contribution in [-0.2, 0) is 13.2 Å². The molecule has 0 aromatic carbocycles. The van der Waals surface area contributed by atoms with Crippen LogP contribution >= 0.6 is 11.6 Å². The Labute approximate surface area is 104 Å². The summed E-state index contributed by atoms with van der Waals surface area (Å²) in [7, 11) is 1.14. The lowest BCUT2D eigenvalue weighted by Gasteiger charge is -2.04. The monoisotopic (exact) mass is 278 g/mol. The number of imidazole rings is 1. The van der Waals surface area contributed by atoms with E-state index < -0.39 is 12.0 Å². The molecule has 2 aromatic rings. The van der Waals surface area contributed by atoms with Gasteiger partial charge in [0.2, 0.25) is 5.82 Å². The van der Waals surface area contributed by atoms with Crippen LogP contribution in [0.2, 0.25) is 5.15 Å². The van der Waals surface area contributed by atoms with E-state index in [2.05, 4.69) is 9.97 Å². The van der Waals surface area contributed by atoms with Crippen LogP contribution in [0.5, 0.6) is 0 Å². The summed E-state index contributed by atoms with van der Waals surface area (Å²) in [6, 6.07) is 0. The van der Waals surface area contributed by atoms with Crippen LogP contribution in [0.3, 0.4) is 0 Å². The fourth-order valence-corrected chi connectivity index (χ4v) is 1.65. The van der Waals surface area contributed by atoms with Crippen LogP contribution in [0.15, 0.2) is 18.7 Å². The first-order valence-corrected chi connectivity index (χ1v) is 5.02. The van der Waals surface area contributed by atoms with Gasteiger partial charge in [0.25, 0.3) is 6.33 Å². The van der Waals surface area contributed by atoms with Crippen molar-refractivity contribution in [2.45, 2.75) is 6.18 Å². The minimum absolute atomic E-state index is 0.114. The molecule has 0 aliphatic carbocycles. The highest BCUT2D eigenvalue weighted by atomic mass is 35.5. The van der Waals surface area contributed by atoms with Crippen molar-refractivity contribution in [2.24, 2.45) is 7.05 Å². The second-order valence-electron chi connectivity index (χ2n) is 3.47. The molecule has 0 bridgehead atoms. The van der Waals surface area contributed by atoms with Crippen molar-refractivity contribution in [1.29, 1.82) is 0 Å². The van der Waals surface area contributed by atoms with E-state index in [-0.39, 0.29) is 16.4 Å². The number of hydrogen-bond donors (Lipinski definition) is 0. The maximum absolute atomic E-state index is 12.6. The van der Waals surface area contributed by atoms with E-state index in [1.54, 1.807) is 0 Å². The largest absolute Gasteiger partial charge is 0.711 e. The molecule has 0 saturated heterocycles. The lowest BCUT2D eigenvalue weighted by atomic mass is 10.3. The first-order chi connectivity index (χ1) is 8.30. The van der Waals surface area contributed by atoms with Gasteiger partial charge in [-0.05, 0) is 0 Å². The third kappa shape index (κ3) is 2.10. The Hall–Kier alpha value is -1.83. The zero-order valence-electron chi connectivity index (χ0n) is 8.94. The van der Waals surface area contributed by atoms with Gasteiger partial charge >= 0.3 is 6.18 Å². The van der Waals surface area contributed by atoms with Crippen molar-refractivity contribution in [3.63, 3.8) is 0 Å². The van der Waals surface area contributed by atoms with E-state index in [0.29, 0.717) is 9.30 Å². The van der Waals surface area contributed by atoms with Gasteiger partial charge in [0, 0.05) is 7.05 Å². The van der Waals surface area contributed by atoms with Crippen LogP contribution in [-0.4, -0.2) is 14.5 Å². The number of hydrogen-bond acceptors (Lipinski definition) is 3. The van der Waals surface area contributed by atoms with Gasteiger partial charge in [-0.1, -0.05) is 16.6 Å². The average Bonchev–Trinajstić information content (AvgIpc) is 2.55. The van der Waals surface area contributed by atoms with Gasteiger partial charge in [-0.25, -0.2) is 9.71 Å². The Kier molecular flexibility index (Phi) is 2.89. The second-order valence-corrected chi connectivity index (χ2v) is 3.83. The molecule has 0 saturated carbocycles. The summed E-state index contributed by atoms with van der Waals surface area (Å²) in [5.74, 6) is -1.14. The molecule has 0 aliphatic heterocycles. The molecule has 0 radical (unpaired) electrons. The maximum atomic E-state index is 12.6. The van der Waals surface area contributed by atoms with Crippen LogP contribution in [0.25, 0.3) is 11.3 Å². The molecule has 18 heavy (non-hydrogen) atoms. The van der Waals surface area contributed by atoms with Gasteiger partial charge in [-0.3, -0.25) is 0 Å². The van der Waals surface area contributed by atoms with E-state index in [0.717, 1.165) is 19.6 Å². The van der Waals surface area contributed by atoms with Crippen LogP contribution in [0, 0.1) is 5.21 Å². The molecule has 0 unspecified atom stereocenters. The number of rotatable bonds is 1. The molecular formula is C9H6ClF3N4O. The van der Waals surface area contributed by atoms with Gasteiger partial charge in [0.1, 0.15) is 17.0 Å². The van der Waals surface area contributed by atoms with E-state index in [9.17, 15) is 18.4 Å². The summed E-state index contributed by atoms with van der Waals surface area (Å²) < 4.78 is 38.9. The topological polar surface area (TPSA) is 57.7 Å². The Morgan fingerprint density at radius 3 is 2.61 bits per heavy atom. The van der Waals surface area contributed by atoms with E-state index in [1.165, 1.54) is 6.20 Å². The van der Waals surface area contributed by atoms with Crippen LogP contribution in [0.1, 0.15) is 5.82 Å². The summed E-state index contributed by atoms with van der Waals surface area (Å²) in [6.07, 6.45) is -1.40. The molecule has 0 amide bonds. The summed E-state index contributed by atoms with van der Waals surface area (Å²) in [4.78, 5) is 6.97. The van der Waals surface area contributed by atoms with Crippen LogP contribution < -0.4 is 4.73 Å². The Morgan fingerprint density at radius 2 is 2.11 bits per heavy atom. The van der Waals surface area contributed by atoms with Gasteiger partial charge < -0.3 is 9.77 Å². The highest BCUT2D eigenvalue weighted by Gasteiger charge is 2.38. The lowest BCUT2D eigenvalue weighted by molar-refractivity contribution is -0.608. The van der Waals surface area contributed by atoms with Crippen molar-refractivity contribution in [3.05, 3.63) is 34.9 Å². The summed E-state index contributed by atoms with van der Waals surface area (Å²) in [6.45, 7) is 0. The smallest absolute Gasteiger partial charge is 0.449 e. The molecule has 0 aliphatic rings. The second kappa shape index (κ2) is 4.13. The van der Waals surface area contributed by atoms with E-state index in [1.807, 2.05) is 0 Å². The normalized spacial score (nSPS) is 11.8. The van der Waals surface area contributed by atoms with Crippen molar-refractivity contribution >= 4 is 11.6 Å². The summed E-state index contributed by atoms with van der Waals surface area (Å²) in [5.41, 5.74) is -0.0206. The van der Waals surface area contributed by atoms with Gasteiger partial charge in [-0.2, -0.15) is 13.2 Å². The standard InChI is InChI=1S/C9H6ClF3N4O/c1-16-7(10)6(15-8(16)9(11,12)13)5-2-14-4-17(18)3-5/h2-4H,1H3. The number of nitrogens with zero attached hydrogens (tertiary/aromatic N) is 4. The molecule has 0 N–H and O–H groups in total. The van der Waals surface area contributed by atoms with Crippen molar-refractivity contribution in [2.75, 3.05) is 0 Å². The number of aromatic nitrogens is 4. The predicted octanol–water partition coefficient (Wildman–Crippen LogP) is 1.79. The Morgan fingerprint density at radius 1 is 1.44 bits per heavy atom. The zero-order valence-corrected chi connectivity index (χ0v) is 9.70. The minimum atomic E-state index is -4.62. The van der Waals surface area contributed by atoms with E-state index in [4.69, 9.17) is 11.6 Å². The zero-order chi connectivity index (χ0) is 13.5. The molecule has 2 rings (SSSR count). The molecule has 2 aromatic heterocycles. The maximum Gasteiger partial charge on any atom is 0.449 e. The molecule has 9 heteroatoms. The first-order valence-electron chi connectivity index (χ1n) is 4.64. The Balaban J connectivity index is 2.60. The highest BCUT2D eigenvalue weighted by molar-refractivity contribution is 6.32. The van der Waals surface area contributed by atoms with Crippen molar-refractivity contribution < 1.29 is 17.9 Å². The third-order valence-electron chi connectivity index (χ3n) is 2.21. The highest BCUT2D eigenvalue weighted by Crippen LogP contribution is 2.34. The fourth-order valence-electron chi connectivity index (χ4n) is 1.42. The van der Waals surface area contributed by atoms with Gasteiger partial charge in [-0.15, -0.1) is 0 Å². The predicted molar refractivity (Wildman–Crippen MR) is 55.4 cm³/mol. The quantitative estimate of drug-likeness (QED) is 0.590. The number of halogens is 4. The van der Waals surface area contributed by atoms with Gasteiger partial charge in [0.05, 0.1) is 5.56 Å². The average molecular weight is 279 g/mol. The molecule has 96 valence electrons. The fraction of sp³-hybridized carbons (Fsp3) is 0.222. The molecule has 2 heterocycles. The SMILES string of the molecule is Cn1c(C(F)(F)F)nc(-c2cnc[n+]([O-])c2)c1Cl. The molecule has 5 nitrogen and oxygen atoms in total. The third-order valence-corrected chi connectivity index (χ3v) is 2.65. The summed E-state index contributed by atoms with van der Waals surface area (Å²) in [5, 5.41) is 10.8. The molecular weight excluding hydrogens is 273 g/mol. The first kappa shape index (κ1) is 12.6. The van der Waals surface area contributed by atoms with Crippen molar-refractivity contribution in [3.8, 4) is 11.3 Å². The molecule has 0 fully saturated rings. The lowest BCUT2D eigenvalue weighted by Crippen LogP contribution is -2.25. The Bertz CT molecular complexity index is 596. The minimum Gasteiger partial charge on any atom is -0.711 e. The molecule has 0 spiro atoms. The summed E-state index contributed by atoms with van der Waals surface area (Å²) >= 11 is 5.77.